The van der Waals surface area contributed by atoms with Crippen molar-refractivity contribution in [2.24, 2.45) is 0 Å². The number of nitrogens with zero attached hydrogens (tertiary/aromatic N) is 3. The topological polar surface area (TPSA) is 30.2 Å². The molecule has 3 aromatic rings. The van der Waals surface area contributed by atoms with Crippen molar-refractivity contribution in [1.29, 1.82) is 0 Å². The largest absolute Gasteiger partial charge is 0.232 e. The van der Waals surface area contributed by atoms with Gasteiger partial charge in [-0.25, -0.2) is 9.50 Å². The second kappa shape index (κ2) is 3.68. The molecule has 0 radical (unpaired) electrons. The molecule has 0 saturated carbocycles. The van der Waals surface area contributed by atoms with E-state index in [0.717, 1.165) is 26.4 Å². The van der Waals surface area contributed by atoms with Gasteiger partial charge in [0.2, 0.25) is 0 Å². The molecule has 3 aromatic heterocycles. The fraction of sp³-hybridized carbons (Fsp3) is 0.0909. The minimum atomic E-state index is 0.886. The standard InChI is InChI=1S/C11H8BrN3S/c1-7-5-15-11(13-7)3-2-9(14-15)10-4-8(12)6-16-10/h2-6H,1H3. The maximum atomic E-state index is 4.52. The first kappa shape index (κ1) is 9.99. The Morgan fingerprint density at radius 3 is 3.00 bits per heavy atom. The molecular weight excluding hydrogens is 286 g/mol. The minimum Gasteiger partial charge on any atom is -0.232 e. The zero-order valence-corrected chi connectivity index (χ0v) is 10.9. The predicted octanol–water partition coefficient (Wildman–Crippen LogP) is 3.53. The molecule has 0 aliphatic rings. The normalized spacial score (nSPS) is 11.1. The summed E-state index contributed by atoms with van der Waals surface area (Å²) in [5, 5.41) is 6.58. The second-order valence-electron chi connectivity index (χ2n) is 3.53. The summed E-state index contributed by atoms with van der Waals surface area (Å²) in [5.74, 6) is 0. The van der Waals surface area contributed by atoms with Crippen molar-refractivity contribution < 1.29 is 0 Å². The number of aryl methyl sites for hydroxylation is 1. The van der Waals surface area contributed by atoms with E-state index in [1.54, 1.807) is 11.3 Å². The monoisotopic (exact) mass is 293 g/mol. The third-order valence-electron chi connectivity index (χ3n) is 2.26. The van der Waals surface area contributed by atoms with Crippen LogP contribution in [0, 0.1) is 6.92 Å². The number of aromatic nitrogens is 3. The summed E-state index contributed by atoms with van der Waals surface area (Å²) in [6.07, 6.45) is 1.93. The van der Waals surface area contributed by atoms with E-state index in [1.165, 1.54) is 0 Å². The number of rotatable bonds is 1. The van der Waals surface area contributed by atoms with Crippen LogP contribution in [0.3, 0.4) is 0 Å². The number of imidazole rings is 1. The SMILES string of the molecule is Cc1cn2nc(-c3cc(Br)cs3)ccc2n1. The maximum absolute atomic E-state index is 4.52. The average Bonchev–Trinajstić information content (AvgIpc) is 2.81. The van der Waals surface area contributed by atoms with E-state index >= 15 is 0 Å². The van der Waals surface area contributed by atoms with Gasteiger partial charge in [-0.1, -0.05) is 0 Å². The Labute approximate surface area is 105 Å². The molecule has 0 saturated heterocycles. The summed E-state index contributed by atoms with van der Waals surface area (Å²) >= 11 is 5.12. The van der Waals surface area contributed by atoms with Crippen molar-refractivity contribution in [3.8, 4) is 10.6 Å². The van der Waals surface area contributed by atoms with E-state index < -0.39 is 0 Å². The molecule has 0 amide bonds. The zero-order chi connectivity index (χ0) is 11.1. The van der Waals surface area contributed by atoms with Gasteiger partial charge in [0.25, 0.3) is 0 Å². The summed E-state index contributed by atoms with van der Waals surface area (Å²) in [5.41, 5.74) is 2.84. The lowest BCUT2D eigenvalue weighted by atomic mass is 10.3. The Morgan fingerprint density at radius 1 is 1.38 bits per heavy atom. The van der Waals surface area contributed by atoms with Crippen LogP contribution in [0.1, 0.15) is 5.69 Å². The lowest BCUT2D eigenvalue weighted by Crippen LogP contribution is -1.91. The highest BCUT2D eigenvalue weighted by Gasteiger charge is 2.05. The Balaban J connectivity index is 2.17. The van der Waals surface area contributed by atoms with Crippen LogP contribution in [0.15, 0.2) is 34.2 Å². The fourth-order valence-electron chi connectivity index (χ4n) is 1.58. The highest BCUT2D eigenvalue weighted by Crippen LogP contribution is 2.28. The Morgan fingerprint density at radius 2 is 2.25 bits per heavy atom. The van der Waals surface area contributed by atoms with E-state index in [9.17, 15) is 0 Å². The molecular formula is C11H8BrN3S. The Hall–Kier alpha value is -1.20. The molecule has 0 spiro atoms. The maximum Gasteiger partial charge on any atom is 0.153 e. The average molecular weight is 294 g/mol. The number of hydrogen-bond donors (Lipinski definition) is 0. The van der Waals surface area contributed by atoms with E-state index in [2.05, 4.69) is 37.5 Å². The van der Waals surface area contributed by atoms with Crippen LogP contribution in [0.2, 0.25) is 0 Å². The van der Waals surface area contributed by atoms with Crippen LogP contribution in [0.5, 0.6) is 0 Å². The molecule has 80 valence electrons. The van der Waals surface area contributed by atoms with Gasteiger partial charge in [-0.3, -0.25) is 0 Å². The number of fused-ring (bicyclic) bond motifs is 1. The van der Waals surface area contributed by atoms with E-state index in [4.69, 9.17) is 0 Å². The van der Waals surface area contributed by atoms with Gasteiger partial charge < -0.3 is 0 Å². The Kier molecular flexibility index (Phi) is 2.29. The Bertz CT molecular complexity index is 656. The molecule has 0 bridgehead atoms. The number of halogens is 1. The summed E-state index contributed by atoms with van der Waals surface area (Å²) in [6, 6.07) is 6.06. The first-order valence-electron chi connectivity index (χ1n) is 4.80. The second-order valence-corrected chi connectivity index (χ2v) is 5.36. The molecule has 16 heavy (non-hydrogen) atoms. The van der Waals surface area contributed by atoms with Crippen LogP contribution in [-0.4, -0.2) is 14.6 Å². The van der Waals surface area contributed by atoms with Gasteiger partial charge in [0.15, 0.2) is 5.65 Å². The van der Waals surface area contributed by atoms with E-state index in [0.29, 0.717) is 0 Å². The van der Waals surface area contributed by atoms with Gasteiger partial charge in [0.1, 0.15) is 5.69 Å². The van der Waals surface area contributed by atoms with Gasteiger partial charge in [-0.2, -0.15) is 5.10 Å². The van der Waals surface area contributed by atoms with Crippen LogP contribution in [0.4, 0.5) is 0 Å². The van der Waals surface area contributed by atoms with Gasteiger partial charge in [0.05, 0.1) is 16.8 Å². The zero-order valence-electron chi connectivity index (χ0n) is 8.51. The van der Waals surface area contributed by atoms with Crippen LogP contribution in [0.25, 0.3) is 16.2 Å². The first-order chi connectivity index (χ1) is 7.72. The van der Waals surface area contributed by atoms with Crippen molar-refractivity contribution in [2.75, 3.05) is 0 Å². The molecule has 3 nitrogen and oxygen atoms in total. The third kappa shape index (κ3) is 1.66. The lowest BCUT2D eigenvalue weighted by molar-refractivity contribution is 0.943. The molecule has 0 atom stereocenters. The van der Waals surface area contributed by atoms with Crippen molar-refractivity contribution in [1.82, 2.24) is 14.6 Å². The van der Waals surface area contributed by atoms with Gasteiger partial charge in [0, 0.05) is 9.85 Å². The summed E-state index contributed by atoms with van der Waals surface area (Å²) in [6.45, 7) is 1.97. The molecule has 3 heterocycles. The molecule has 0 aliphatic heterocycles. The molecule has 0 unspecified atom stereocenters. The molecule has 3 rings (SSSR count). The number of thiophene rings is 1. The summed E-state index contributed by atoms with van der Waals surface area (Å²) in [4.78, 5) is 5.50. The lowest BCUT2D eigenvalue weighted by Gasteiger charge is -1.97. The van der Waals surface area contributed by atoms with Gasteiger partial charge in [-0.15, -0.1) is 11.3 Å². The van der Waals surface area contributed by atoms with Crippen molar-refractivity contribution in [3.05, 3.63) is 39.9 Å². The molecule has 0 N–H and O–H groups in total. The molecule has 0 fully saturated rings. The summed E-state index contributed by atoms with van der Waals surface area (Å²) in [7, 11) is 0. The molecule has 5 heteroatoms. The van der Waals surface area contributed by atoms with Crippen LogP contribution in [-0.2, 0) is 0 Å². The highest BCUT2D eigenvalue weighted by molar-refractivity contribution is 9.10. The predicted molar refractivity (Wildman–Crippen MR) is 68.7 cm³/mol. The quantitative estimate of drug-likeness (QED) is 0.687. The summed E-state index contributed by atoms with van der Waals surface area (Å²) < 4.78 is 2.91. The van der Waals surface area contributed by atoms with Crippen LogP contribution >= 0.6 is 27.3 Å². The fourth-order valence-corrected chi connectivity index (χ4v) is 2.97. The van der Waals surface area contributed by atoms with Crippen LogP contribution < -0.4 is 0 Å². The first-order valence-corrected chi connectivity index (χ1v) is 6.47. The number of hydrogen-bond acceptors (Lipinski definition) is 3. The van der Waals surface area contributed by atoms with Gasteiger partial charge >= 0.3 is 0 Å². The van der Waals surface area contributed by atoms with E-state index in [-0.39, 0.29) is 0 Å². The van der Waals surface area contributed by atoms with E-state index in [1.807, 2.05) is 29.8 Å². The molecule has 0 aliphatic carbocycles. The molecule has 0 aromatic carbocycles. The third-order valence-corrected chi connectivity index (χ3v) is 3.97. The minimum absolute atomic E-state index is 0.886. The van der Waals surface area contributed by atoms with Gasteiger partial charge in [-0.05, 0) is 41.1 Å². The van der Waals surface area contributed by atoms with Crippen molar-refractivity contribution >= 4 is 32.9 Å². The smallest absolute Gasteiger partial charge is 0.153 e. The van der Waals surface area contributed by atoms with Crippen molar-refractivity contribution in [3.63, 3.8) is 0 Å². The van der Waals surface area contributed by atoms with Crippen molar-refractivity contribution in [2.45, 2.75) is 6.92 Å². The highest BCUT2D eigenvalue weighted by atomic mass is 79.9.